The monoisotopic (exact) mass is 149 g/mol. The zero-order valence-corrected chi connectivity index (χ0v) is 7.06. The van der Waals surface area contributed by atoms with Crippen LogP contribution in [0.4, 0.5) is 0 Å². The van der Waals surface area contributed by atoms with E-state index >= 15 is 0 Å². The zero-order valence-electron chi connectivity index (χ0n) is 7.06. The summed E-state index contributed by atoms with van der Waals surface area (Å²) in [5.74, 6) is 0. The maximum atomic E-state index is 3.76. The van der Waals surface area contributed by atoms with Gasteiger partial charge in [0.2, 0.25) is 0 Å². The minimum absolute atomic E-state index is 0.576. The van der Waals surface area contributed by atoms with Crippen molar-refractivity contribution in [2.24, 2.45) is 0 Å². The summed E-state index contributed by atoms with van der Waals surface area (Å²) in [5.41, 5.74) is 2.44. The molecule has 0 aromatic heterocycles. The van der Waals surface area contributed by atoms with E-state index in [2.05, 4.69) is 25.4 Å². The molecule has 0 saturated carbocycles. The second kappa shape index (κ2) is 3.42. The average Bonchev–Trinajstić information content (AvgIpc) is 2.04. The van der Waals surface area contributed by atoms with Crippen LogP contribution in [-0.2, 0) is 0 Å². The lowest BCUT2D eigenvalue weighted by atomic mass is 9.99. The first-order valence-corrected chi connectivity index (χ1v) is 4.02. The van der Waals surface area contributed by atoms with E-state index in [1.807, 2.05) is 12.2 Å². The Morgan fingerprint density at radius 1 is 1.45 bits per heavy atom. The van der Waals surface area contributed by atoms with Crippen molar-refractivity contribution in [1.82, 2.24) is 5.32 Å². The minimum Gasteiger partial charge on any atom is -0.382 e. The number of hydrogen-bond donors (Lipinski definition) is 1. The van der Waals surface area contributed by atoms with Crippen LogP contribution in [0.1, 0.15) is 19.8 Å². The van der Waals surface area contributed by atoms with Crippen LogP contribution in [0.5, 0.6) is 0 Å². The SMILES string of the molecule is C=CC1=C(C=C)N[C@H](C)CC1. The van der Waals surface area contributed by atoms with Gasteiger partial charge in [-0.15, -0.1) is 0 Å². The average molecular weight is 149 g/mol. The molecular weight excluding hydrogens is 134 g/mol. The minimum atomic E-state index is 0.576. The van der Waals surface area contributed by atoms with Crippen LogP contribution in [0.15, 0.2) is 36.6 Å². The summed E-state index contributed by atoms with van der Waals surface area (Å²) in [4.78, 5) is 0. The van der Waals surface area contributed by atoms with Gasteiger partial charge in [0.05, 0.1) is 0 Å². The molecule has 0 unspecified atom stereocenters. The molecule has 11 heavy (non-hydrogen) atoms. The quantitative estimate of drug-likeness (QED) is 0.635. The topological polar surface area (TPSA) is 12.0 Å². The standard InChI is InChI=1S/C10H15N/c1-4-9-7-6-8(3)11-10(9)5-2/h4-5,8,11H,1-2,6-7H2,3H3/t8-/m1/s1. The van der Waals surface area contributed by atoms with Crippen molar-refractivity contribution < 1.29 is 0 Å². The molecule has 0 aromatic carbocycles. The molecule has 0 radical (unpaired) electrons. The fraction of sp³-hybridized carbons (Fsp3) is 0.400. The van der Waals surface area contributed by atoms with Gasteiger partial charge in [-0.25, -0.2) is 0 Å². The summed E-state index contributed by atoms with van der Waals surface area (Å²) in [6.45, 7) is 9.69. The van der Waals surface area contributed by atoms with Crippen molar-refractivity contribution in [3.8, 4) is 0 Å². The highest BCUT2D eigenvalue weighted by Crippen LogP contribution is 2.19. The maximum Gasteiger partial charge on any atom is 0.0368 e. The van der Waals surface area contributed by atoms with Gasteiger partial charge in [-0.3, -0.25) is 0 Å². The molecule has 1 heterocycles. The molecule has 1 rings (SSSR count). The number of rotatable bonds is 2. The van der Waals surface area contributed by atoms with Crippen LogP contribution < -0.4 is 5.32 Å². The highest BCUT2D eigenvalue weighted by Gasteiger charge is 2.11. The van der Waals surface area contributed by atoms with Gasteiger partial charge in [-0.2, -0.15) is 0 Å². The fourth-order valence-electron chi connectivity index (χ4n) is 1.34. The zero-order chi connectivity index (χ0) is 8.27. The molecule has 1 aliphatic heterocycles. The van der Waals surface area contributed by atoms with Gasteiger partial charge in [-0.05, 0) is 31.4 Å². The van der Waals surface area contributed by atoms with E-state index in [0.717, 1.165) is 12.1 Å². The molecule has 0 bridgehead atoms. The Morgan fingerprint density at radius 3 is 2.73 bits per heavy atom. The molecule has 1 heteroatoms. The Balaban J connectivity index is 2.82. The third kappa shape index (κ3) is 1.73. The Hall–Kier alpha value is -0.980. The van der Waals surface area contributed by atoms with Crippen LogP contribution in [0.25, 0.3) is 0 Å². The van der Waals surface area contributed by atoms with Gasteiger partial charge in [0.25, 0.3) is 0 Å². The summed E-state index contributed by atoms with van der Waals surface area (Å²) >= 11 is 0. The van der Waals surface area contributed by atoms with E-state index in [1.165, 1.54) is 12.0 Å². The second-order valence-electron chi connectivity index (χ2n) is 2.93. The molecule has 1 aliphatic rings. The summed E-state index contributed by atoms with van der Waals surface area (Å²) < 4.78 is 0. The Labute approximate surface area is 68.5 Å². The van der Waals surface area contributed by atoms with Crippen LogP contribution in [0.3, 0.4) is 0 Å². The highest BCUT2D eigenvalue weighted by molar-refractivity contribution is 5.32. The smallest absolute Gasteiger partial charge is 0.0368 e. The van der Waals surface area contributed by atoms with Crippen LogP contribution in [0.2, 0.25) is 0 Å². The molecule has 0 amide bonds. The number of hydrogen-bond acceptors (Lipinski definition) is 1. The van der Waals surface area contributed by atoms with Crippen LogP contribution >= 0.6 is 0 Å². The lowest BCUT2D eigenvalue weighted by Gasteiger charge is -2.23. The van der Waals surface area contributed by atoms with Crippen molar-refractivity contribution >= 4 is 0 Å². The Morgan fingerprint density at radius 2 is 2.18 bits per heavy atom. The van der Waals surface area contributed by atoms with Crippen molar-refractivity contribution in [2.45, 2.75) is 25.8 Å². The first-order valence-electron chi connectivity index (χ1n) is 4.02. The highest BCUT2D eigenvalue weighted by atomic mass is 14.9. The van der Waals surface area contributed by atoms with Gasteiger partial charge in [0.1, 0.15) is 0 Å². The predicted molar refractivity (Wildman–Crippen MR) is 49.3 cm³/mol. The molecule has 1 nitrogen and oxygen atoms in total. The number of nitrogens with one attached hydrogen (secondary N) is 1. The van der Waals surface area contributed by atoms with E-state index in [9.17, 15) is 0 Å². The van der Waals surface area contributed by atoms with Crippen molar-refractivity contribution in [2.75, 3.05) is 0 Å². The van der Waals surface area contributed by atoms with Gasteiger partial charge in [0, 0.05) is 11.7 Å². The molecular formula is C10H15N. The van der Waals surface area contributed by atoms with Gasteiger partial charge < -0.3 is 5.32 Å². The summed E-state index contributed by atoms with van der Waals surface area (Å²) in [6.07, 6.45) is 6.10. The maximum absolute atomic E-state index is 3.76. The van der Waals surface area contributed by atoms with Gasteiger partial charge in [-0.1, -0.05) is 19.2 Å². The van der Waals surface area contributed by atoms with Crippen LogP contribution in [-0.4, -0.2) is 6.04 Å². The molecule has 0 aromatic rings. The molecule has 0 aliphatic carbocycles. The fourth-order valence-corrected chi connectivity index (χ4v) is 1.34. The van der Waals surface area contributed by atoms with E-state index < -0.39 is 0 Å². The normalized spacial score (nSPS) is 24.3. The van der Waals surface area contributed by atoms with Crippen molar-refractivity contribution in [3.63, 3.8) is 0 Å². The lowest BCUT2D eigenvalue weighted by Crippen LogP contribution is -2.29. The van der Waals surface area contributed by atoms with Crippen LogP contribution in [0, 0.1) is 0 Å². The molecule has 0 saturated heterocycles. The van der Waals surface area contributed by atoms with Gasteiger partial charge >= 0.3 is 0 Å². The van der Waals surface area contributed by atoms with Gasteiger partial charge in [0.15, 0.2) is 0 Å². The third-order valence-corrected chi connectivity index (χ3v) is 2.05. The second-order valence-corrected chi connectivity index (χ2v) is 2.93. The first-order chi connectivity index (χ1) is 5.27. The first kappa shape index (κ1) is 8.12. The molecule has 1 atom stereocenters. The third-order valence-electron chi connectivity index (χ3n) is 2.05. The van der Waals surface area contributed by atoms with E-state index in [0.29, 0.717) is 6.04 Å². The molecule has 60 valence electrons. The molecule has 1 N–H and O–H groups in total. The lowest BCUT2D eigenvalue weighted by molar-refractivity contribution is 0.542. The molecule has 0 spiro atoms. The predicted octanol–water partition coefficient (Wildman–Crippen LogP) is 2.38. The van der Waals surface area contributed by atoms with E-state index in [-0.39, 0.29) is 0 Å². The Kier molecular flexibility index (Phi) is 2.53. The molecule has 0 fully saturated rings. The summed E-state index contributed by atoms with van der Waals surface area (Å²) in [7, 11) is 0. The Bertz CT molecular complexity index is 201. The number of allylic oxidation sites excluding steroid dienone is 3. The van der Waals surface area contributed by atoms with Crippen molar-refractivity contribution in [1.29, 1.82) is 0 Å². The van der Waals surface area contributed by atoms with Crippen molar-refractivity contribution in [3.05, 3.63) is 36.6 Å². The van der Waals surface area contributed by atoms with E-state index in [1.54, 1.807) is 0 Å². The summed E-state index contributed by atoms with van der Waals surface area (Å²) in [6, 6.07) is 0.576. The van der Waals surface area contributed by atoms with E-state index in [4.69, 9.17) is 0 Å². The summed E-state index contributed by atoms with van der Waals surface area (Å²) in [5, 5.41) is 3.36. The largest absolute Gasteiger partial charge is 0.382 e.